The van der Waals surface area contributed by atoms with Crippen molar-refractivity contribution in [1.82, 2.24) is 15.3 Å². The minimum atomic E-state index is -1.32. The number of halogens is 4. The smallest absolute Gasteiger partial charge is 0.255 e. The zero-order chi connectivity index (χ0) is 25.2. The van der Waals surface area contributed by atoms with E-state index in [1.807, 2.05) is 0 Å². The van der Waals surface area contributed by atoms with E-state index in [1.165, 1.54) is 18.2 Å². The van der Waals surface area contributed by atoms with Crippen LogP contribution in [-0.4, -0.2) is 42.1 Å². The van der Waals surface area contributed by atoms with Crippen LogP contribution in [0.25, 0.3) is 11.0 Å². The summed E-state index contributed by atoms with van der Waals surface area (Å²) in [5.41, 5.74) is 0.646. The minimum absolute atomic E-state index is 0.102. The number of nitrogens with zero attached hydrogens (tertiary/aromatic N) is 3. The van der Waals surface area contributed by atoms with Crippen molar-refractivity contribution in [2.75, 3.05) is 36.4 Å². The highest BCUT2D eigenvalue weighted by Crippen LogP contribution is 2.31. The topological polar surface area (TPSA) is 79.4 Å². The fourth-order valence-corrected chi connectivity index (χ4v) is 3.87. The molecule has 2 N–H and O–H groups in total. The first-order chi connectivity index (χ1) is 17.4. The Morgan fingerprint density at radius 1 is 1.00 bits per heavy atom. The van der Waals surface area contributed by atoms with E-state index in [1.54, 1.807) is 24.4 Å². The fourth-order valence-electron chi connectivity index (χ4n) is 3.76. The van der Waals surface area contributed by atoms with Gasteiger partial charge in [0.15, 0.2) is 11.6 Å². The second-order valence-electron chi connectivity index (χ2n) is 8.04. The van der Waals surface area contributed by atoms with Gasteiger partial charge in [-0.3, -0.25) is 9.78 Å². The van der Waals surface area contributed by atoms with E-state index in [4.69, 9.17) is 16.3 Å². The number of nitrogens with one attached hydrogen (secondary N) is 2. The van der Waals surface area contributed by atoms with Gasteiger partial charge in [-0.2, -0.15) is 4.39 Å². The highest BCUT2D eigenvalue weighted by atomic mass is 35.5. The van der Waals surface area contributed by atoms with E-state index < -0.39 is 29.0 Å². The van der Waals surface area contributed by atoms with Crippen LogP contribution in [0.15, 0.2) is 54.7 Å². The fraction of sp³-hybridized carbons (Fsp3) is 0.160. The SMILES string of the molecule is O=C(Nc1ccc(Oc2ccc3ncc(N4CCNCC4)nc3c2)c(F)c1F)c1ccc(Cl)c(F)c1. The average molecular weight is 514 g/mol. The van der Waals surface area contributed by atoms with Crippen LogP contribution in [0.4, 0.5) is 24.7 Å². The van der Waals surface area contributed by atoms with E-state index in [-0.39, 0.29) is 22.1 Å². The standard InChI is InChI=1S/C25H19ClF3N5O2/c26-16-3-1-14(11-17(16)27)25(35)33-19-5-6-21(24(29)23(19)28)36-15-2-4-18-20(12-15)32-22(13-31-18)34-9-7-30-8-10-34/h1-6,11-13,30H,7-10H2,(H,33,35). The number of hydrogen-bond acceptors (Lipinski definition) is 6. The lowest BCUT2D eigenvalue weighted by atomic mass is 10.2. The second kappa shape index (κ2) is 10.00. The number of aromatic nitrogens is 2. The molecule has 1 aliphatic heterocycles. The van der Waals surface area contributed by atoms with Gasteiger partial charge in [0.1, 0.15) is 17.4 Å². The molecule has 0 atom stereocenters. The average Bonchev–Trinajstić information content (AvgIpc) is 2.90. The van der Waals surface area contributed by atoms with Crippen molar-refractivity contribution in [2.24, 2.45) is 0 Å². The molecule has 36 heavy (non-hydrogen) atoms. The predicted octanol–water partition coefficient (Wildman–Crippen LogP) is 5.15. The first-order valence-corrected chi connectivity index (χ1v) is 11.4. The van der Waals surface area contributed by atoms with Crippen LogP contribution in [0, 0.1) is 17.5 Å². The predicted molar refractivity (Wildman–Crippen MR) is 130 cm³/mol. The maximum Gasteiger partial charge on any atom is 0.255 e. The molecule has 0 spiro atoms. The first-order valence-electron chi connectivity index (χ1n) is 11.0. The molecule has 0 bridgehead atoms. The molecular formula is C25H19ClF3N5O2. The van der Waals surface area contributed by atoms with Gasteiger partial charge in [-0.15, -0.1) is 0 Å². The monoisotopic (exact) mass is 513 g/mol. The summed E-state index contributed by atoms with van der Waals surface area (Å²) in [6.07, 6.45) is 1.70. The number of carbonyl (C=O) groups excluding carboxylic acids is 1. The van der Waals surface area contributed by atoms with E-state index in [9.17, 15) is 18.0 Å². The van der Waals surface area contributed by atoms with E-state index in [2.05, 4.69) is 25.5 Å². The van der Waals surface area contributed by atoms with Crippen molar-refractivity contribution < 1.29 is 22.7 Å². The van der Waals surface area contributed by atoms with Crippen molar-refractivity contribution in [3.63, 3.8) is 0 Å². The van der Waals surface area contributed by atoms with Crippen LogP contribution in [0.3, 0.4) is 0 Å². The number of ether oxygens (including phenoxy) is 1. The molecule has 0 unspecified atom stereocenters. The van der Waals surface area contributed by atoms with Crippen molar-refractivity contribution in [1.29, 1.82) is 0 Å². The van der Waals surface area contributed by atoms with Crippen LogP contribution in [0.5, 0.6) is 11.5 Å². The Morgan fingerprint density at radius 3 is 2.58 bits per heavy atom. The molecular weight excluding hydrogens is 495 g/mol. The molecule has 0 radical (unpaired) electrons. The molecule has 1 saturated heterocycles. The lowest BCUT2D eigenvalue weighted by Gasteiger charge is -2.28. The number of fused-ring (bicyclic) bond motifs is 1. The van der Waals surface area contributed by atoms with Crippen LogP contribution in [-0.2, 0) is 0 Å². The number of anilines is 2. The maximum atomic E-state index is 14.8. The van der Waals surface area contributed by atoms with Gasteiger partial charge >= 0.3 is 0 Å². The quantitative estimate of drug-likeness (QED) is 0.384. The summed E-state index contributed by atoms with van der Waals surface area (Å²) in [7, 11) is 0. The van der Waals surface area contributed by atoms with Crippen LogP contribution < -0.4 is 20.3 Å². The van der Waals surface area contributed by atoms with Gasteiger partial charge in [0.2, 0.25) is 5.82 Å². The number of hydrogen-bond donors (Lipinski definition) is 2. The molecule has 1 aromatic heterocycles. The van der Waals surface area contributed by atoms with Gasteiger partial charge in [-0.25, -0.2) is 13.8 Å². The van der Waals surface area contributed by atoms with Gasteiger partial charge < -0.3 is 20.3 Å². The molecule has 11 heteroatoms. The largest absolute Gasteiger partial charge is 0.454 e. The molecule has 0 aliphatic carbocycles. The molecule has 184 valence electrons. The summed E-state index contributed by atoms with van der Waals surface area (Å²) in [5, 5.41) is 5.33. The molecule has 5 rings (SSSR count). The molecule has 4 aromatic rings. The number of piperazine rings is 1. The first kappa shape index (κ1) is 23.8. The Bertz CT molecular complexity index is 1460. The van der Waals surface area contributed by atoms with Crippen LogP contribution >= 0.6 is 11.6 Å². The zero-order valence-electron chi connectivity index (χ0n) is 18.7. The lowest BCUT2D eigenvalue weighted by Crippen LogP contribution is -2.43. The number of amides is 1. The molecule has 1 aliphatic rings. The highest BCUT2D eigenvalue weighted by molar-refractivity contribution is 6.30. The van der Waals surface area contributed by atoms with E-state index in [0.29, 0.717) is 11.0 Å². The molecule has 0 saturated carbocycles. The second-order valence-corrected chi connectivity index (χ2v) is 8.45. The summed E-state index contributed by atoms with van der Waals surface area (Å²) in [5.74, 6) is -3.67. The Morgan fingerprint density at radius 2 is 1.81 bits per heavy atom. The Kier molecular flexibility index (Phi) is 6.62. The normalized spacial score (nSPS) is 13.6. The third kappa shape index (κ3) is 4.91. The third-order valence-corrected chi connectivity index (χ3v) is 5.95. The summed E-state index contributed by atoms with van der Waals surface area (Å²) in [6, 6.07) is 10.5. The molecule has 2 heterocycles. The summed E-state index contributed by atoms with van der Waals surface area (Å²) >= 11 is 5.61. The van der Waals surface area contributed by atoms with Gasteiger partial charge in [0.05, 0.1) is 27.9 Å². The molecule has 3 aromatic carbocycles. The lowest BCUT2D eigenvalue weighted by molar-refractivity contribution is 0.102. The number of benzene rings is 3. The number of rotatable bonds is 5. The van der Waals surface area contributed by atoms with Gasteiger partial charge in [0.25, 0.3) is 5.91 Å². The molecule has 1 amide bonds. The Labute approximate surface area is 208 Å². The minimum Gasteiger partial charge on any atom is -0.454 e. The Balaban J connectivity index is 1.35. The maximum absolute atomic E-state index is 14.8. The van der Waals surface area contributed by atoms with Crippen molar-refractivity contribution in [3.8, 4) is 11.5 Å². The highest BCUT2D eigenvalue weighted by Gasteiger charge is 2.19. The van der Waals surface area contributed by atoms with Crippen molar-refractivity contribution in [3.05, 3.63) is 82.8 Å². The molecule has 7 nitrogen and oxygen atoms in total. The third-order valence-electron chi connectivity index (χ3n) is 5.65. The number of carbonyl (C=O) groups is 1. The van der Waals surface area contributed by atoms with E-state index in [0.717, 1.165) is 44.1 Å². The van der Waals surface area contributed by atoms with Gasteiger partial charge in [-0.05, 0) is 42.5 Å². The Hall–Kier alpha value is -3.89. The van der Waals surface area contributed by atoms with Gasteiger partial charge in [0, 0.05) is 37.8 Å². The summed E-state index contributed by atoms with van der Waals surface area (Å²) < 4.78 is 48.7. The summed E-state index contributed by atoms with van der Waals surface area (Å²) in [6.45, 7) is 3.30. The molecule has 1 fully saturated rings. The summed E-state index contributed by atoms with van der Waals surface area (Å²) in [4.78, 5) is 23.5. The van der Waals surface area contributed by atoms with Gasteiger partial charge in [-0.1, -0.05) is 11.6 Å². The van der Waals surface area contributed by atoms with Crippen LogP contribution in [0.1, 0.15) is 10.4 Å². The zero-order valence-corrected chi connectivity index (χ0v) is 19.5. The van der Waals surface area contributed by atoms with Crippen molar-refractivity contribution >= 4 is 40.0 Å². The van der Waals surface area contributed by atoms with Crippen molar-refractivity contribution in [2.45, 2.75) is 0 Å². The van der Waals surface area contributed by atoms with Crippen LogP contribution in [0.2, 0.25) is 5.02 Å². The van der Waals surface area contributed by atoms with E-state index >= 15 is 0 Å².